The zero-order valence-electron chi connectivity index (χ0n) is 12.5. The maximum absolute atomic E-state index is 11.7. The fraction of sp³-hybridized carbons (Fsp3) is 0.286. The van der Waals surface area contributed by atoms with E-state index in [1.54, 1.807) is 18.3 Å². The number of nitrogens with one attached hydrogen (secondary N) is 3. The van der Waals surface area contributed by atoms with Crippen molar-refractivity contribution in [3.8, 4) is 0 Å². The van der Waals surface area contributed by atoms with Crippen LogP contribution >= 0.6 is 0 Å². The Kier molecular flexibility index (Phi) is 5.64. The van der Waals surface area contributed by atoms with Crippen LogP contribution in [0.3, 0.4) is 0 Å². The van der Waals surface area contributed by atoms with Crippen LogP contribution in [0, 0.1) is 10.1 Å². The van der Waals surface area contributed by atoms with E-state index in [-0.39, 0.29) is 18.3 Å². The van der Waals surface area contributed by atoms with E-state index >= 15 is 0 Å². The van der Waals surface area contributed by atoms with E-state index in [1.807, 2.05) is 6.92 Å². The van der Waals surface area contributed by atoms with Crippen LogP contribution in [0.4, 0.5) is 10.5 Å². The Morgan fingerprint density at radius 3 is 2.74 bits per heavy atom. The third-order valence-electron chi connectivity index (χ3n) is 3.11. The van der Waals surface area contributed by atoms with Gasteiger partial charge >= 0.3 is 6.03 Å². The number of nitro benzene ring substituents is 1. The summed E-state index contributed by atoms with van der Waals surface area (Å²) in [4.78, 5) is 34.0. The Morgan fingerprint density at radius 2 is 2.17 bits per heavy atom. The third kappa shape index (κ3) is 4.78. The number of hydrogen-bond acceptors (Lipinski definition) is 5. The number of non-ortho nitro benzene ring substituents is 1. The lowest BCUT2D eigenvalue weighted by molar-refractivity contribution is -0.384. The molecule has 0 fully saturated rings. The molecule has 1 aromatic carbocycles. The normalized spacial score (nSPS) is 11.7. The van der Waals surface area contributed by atoms with Gasteiger partial charge in [0.05, 0.1) is 16.9 Å². The molecule has 1 unspecified atom stereocenters. The molecule has 23 heavy (non-hydrogen) atoms. The molecule has 0 saturated carbocycles. The number of hydroxylamine groups is 1. The van der Waals surface area contributed by atoms with Gasteiger partial charge in [0.25, 0.3) is 5.69 Å². The molecule has 2 amide bonds. The van der Waals surface area contributed by atoms with Crippen LogP contribution < -0.4 is 10.8 Å². The minimum Gasteiger partial charge on any atom is -0.351 e. The quantitative estimate of drug-likeness (QED) is 0.533. The van der Waals surface area contributed by atoms with Crippen molar-refractivity contribution in [2.45, 2.75) is 26.0 Å². The SMILES string of the molecule is CCC(ONC(=O)NCc1ccc([N+](=O)[O-])cc1)c1c[nH]cn1. The number of amides is 2. The third-order valence-corrected chi connectivity index (χ3v) is 3.11. The van der Waals surface area contributed by atoms with Gasteiger partial charge in [-0.15, -0.1) is 0 Å². The Labute approximate surface area is 132 Å². The van der Waals surface area contributed by atoms with Crippen molar-refractivity contribution in [3.63, 3.8) is 0 Å². The summed E-state index contributed by atoms with van der Waals surface area (Å²) in [7, 11) is 0. The second kappa shape index (κ2) is 7.90. The Hall–Kier alpha value is -2.94. The number of urea groups is 1. The van der Waals surface area contributed by atoms with Crippen LogP contribution in [-0.2, 0) is 11.4 Å². The minimum atomic E-state index is -0.502. The first-order valence-electron chi connectivity index (χ1n) is 7.01. The number of nitro groups is 1. The summed E-state index contributed by atoms with van der Waals surface area (Å²) < 4.78 is 0. The Bertz CT molecular complexity index is 642. The molecule has 0 aliphatic rings. The predicted molar refractivity (Wildman–Crippen MR) is 81.2 cm³/mol. The summed E-state index contributed by atoms with van der Waals surface area (Å²) in [5.74, 6) is 0. The van der Waals surface area contributed by atoms with Gasteiger partial charge in [0.1, 0.15) is 6.10 Å². The zero-order valence-corrected chi connectivity index (χ0v) is 12.5. The summed E-state index contributed by atoms with van der Waals surface area (Å²) in [6.07, 6.45) is 3.54. The first-order valence-corrected chi connectivity index (χ1v) is 7.01. The van der Waals surface area contributed by atoms with Crippen LogP contribution in [0.5, 0.6) is 0 Å². The summed E-state index contributed by atoms with van der Waals surface area (Å²) in [5, 5.41) is 13.2. The van der Waals surface area contributed by atoms with Crippen molar-refractivity contribution in [3.05, 3.63) is 58.2 Å². The standard InChI is InChI=1S/C14H17N5O4/c1-2-13(12-8-15-9-17-12)23-18-14(20)16-7-10-3-5-11(6-4-10)19(21)22/h3-6,8-9,13H,2,7H2,1H3,(H,15,17)(H2,16,18,20). The van der Waals surface area contributed by atoms with Gasteiger partial charge < -0.3 is 10.3 Å². The number of hydrogen-bond donors (Lipinski definition) is 3. The van der Waals surface area contributed by atoms with Gasteiger partial charge in [-0.25, -0.2) is 15.3 Å². The Morgan fingerprint density at radius 1 is 1.43 bits per heavy atom. The highest BCUT2D eigenvalue weighted by Gasteiger charge is 2.13. The van der Waals surface area contributed by atoms with E-state index < -0.39 is 11.0 Å². The highest BCUT2D eigenvalue weighted by atomic mass is 16.7. The number of H-pyrrole nitrogens is 1. The number of benzene rings is 1. The van der Waals surface area contributed by atoms with Gasteiger partial charge in [-0.1, -0.05) is 19.1 Å². The van der Waals surface area contributed by atoms with Crippen molar-refractivity contribution in [2.75, 3.05) is 0 Å². The van der Waals surface area contributed by atoms with Gasteiger partial charge in [0.2, 0.25) is 0 Å². The number of nitrogens with zero attached hydrogens (tertiary/aromatic N) is 2. The molecule has 9 heteroatoms. The molecule has 0 bridgehead atoms. The number of imidazole rings is 1. The highest BCUT2D eigenvalue weighted by molar-refractivity contribution is 5.72. The second-order valence-corrected chi connectivity index (χ2v) is 4.72. The lowest BCUT2D eigenvalue weighted by Crippen LogP contribution is -2.36. The van der Waals surface area contributed by atoms with Crippen LogP contribution in [0.2, 0.25) is 0 Å². The number of rotatable bonds is 7. The number of aromatic amines is 1. The lowest BCUT2D eigenvalue weighted by atomic mass is 10.2. The van der Waals surface area contributed by atoms with Gasteiger partial charge in [-0.05, 0) is 12.0 Å². The summed E-state index contributed by atoms with van der Waals surface area (Å²) in [5.41, 5.74) is 3.75. The van der Waals surface area contributed by atoms with Crippen LogP contribution in [-0.4, -0.2) is 20.9 Å². The molecular weight excluding hydrogens is 302 g/mol. The number of carbonyl (C=O) groups excluding carboxylic acids is 1. The number of aromatic nitrogens is 2. The van der Waals surface area contributed by atoms with Crippen molar-refractivity contribution < 1.29 is 14.6 Å². The first-order chi connectivity index (χ1) is 11.1. The topological polar surface area (TPSA) is 122 Å². The van der Waals surface area contributed by atoms with Crippen molar-refractivity contribution in [2.24, 2.45) is 0 Å². The smallest absolute Gasteiger partial charge is 0.338 e. The van der Waals surface area contributed by atoms with Gasteiger partial charge in [-0.3, -0.25) is 15.0 Å². The summed E-state index contributed by atoms with van der Waals surface area (Å²) in [6, 6.07) is 5.43. The maximum Gasteiger partial charge on any atom is 0.338 e. The zero-order chi connectivity index (χ0) is 16.7. The molecule has 0 spiro atoms. The molecular formula is C14H17N5O4. The first kappa shape index (κ1) is 16.4. The Balaban J connectivity index is 1.77. The van der Waals surface area contributed by atoms with Gasteiger partial charge in [0.15, 0.2) is 0 Å². The summed E-state index contributed by atoms with van der Waals surface area (Å²) in [6.45, 7) is 2.14. The molecule has 122 valence electrons. The molecule has 2 aromatic rings. The molecule has 1 aromatic heterocycles. The maximum atomic E-state index is 11.7. The predicted octanol–water partition coefficient (Wildman–Crippen LogP) is 2.20. The average Bonchev–Trinajstić information content (AvgIpc) is 3.08. The van der Waals surface area contributed by atoms with E-state index in [9.17, 15) is 14.9 Å². The van der Waals surface area contributed by atoms with E-state index in [1.165, 1.54) is 18.5 Å². The molecule has 9 nitrogen and oxygen atoms in total. The average molecular weight is 319 g/mol. The van der Waals surface area contributed by atoms with E-state index in [2.05, 4.69) is 20.8 Å². The van der Waals surface area contributed by atoms with Crippen LogP contribution in [0.25, 0.3) is 0 Å². The number of carbonyl (C=O) groups is 1. The van der Waals surface area contributed by atoms with Crippen LogP contribution in [0.15, 0.2) is 36.8 Å². The molecule has 3 N–H and O–H groups in total. The fourth-order valence-electron chi connectivity index (χ4n) is 1.88. The van der Waals surface area contributed by atoms with Crippen molar-refractivity contribution in [1.29, 1.82) is 0 Å². The summed E-state index contributed by atoms with van der Waals surface area (Å²) >= 11 is 0. The van der Waals surface area contributed by atoms with Crippen molar-refractivity contribution in [1.82, 2.24) is 20.8 Å². The van der Waals surface area contributed by atoms with Gasteiger partial charge in [-0.2, -0.15) is 0 Å². The largest absolute Gasteiger partial charge is 0.351 e. The monoisotopic (exact) mass is 319 g/mol. The fourth-order valence-corrected chi connectivity index (χ4v) is 1.88. The molecule has 0 radical (unpaired) electrons. The van der Waals surface area contributed by atoms with E-state index in [4.69, 9.17) is 4.84 Å². The van der Waals surface area contributed by atoms with Gasteiger partial charge in [0, 0.05) is 24.9 Å². The molecule has 1 atom stereocenters. The molecule has 0 aliphatic carbocycles. The molecule has 2 rings (SSSR count). The van der Waals surface area contributed by atoms with E-state index in [0.717, 1.165) is 5.56 Å². The molecule has 1 heterocycles. The second-order valence-electron chi connectivity index (χ2n) is 4.72. The van der Waals surface area contributed by atoms with Crippen molar-refractivity contribution >= 4 is 11.7 Å². The molecule has 0 saturated heterocycles. The molecule has 0 aliphatic heterocycles. The highest BCUT2D eigenvalue weighted by Crippen LogP contribution is 2.16. The van der Waals surface area contributed by atoms with Crippen LogP contribution in [0.1, 0.15) is 30.7 Å². The lowest BCUT2D eigenvalue weighted by Gasteiger charge is -2.14. The van der Waals surface area contributed by atoms with E-state index in [0.29, 0.717) is 12.1 Å². The minimum absolute atomic E-state index is 0.00586.